The molecule has 1 unspecified atom stereocenters. The monoisotopic (exact) mass is 390 g/mol. The molecule has 3 rings (SSSR count). The molecule has 1 aliphatic carbocycles. The summed E-state index contributed by atoms with van der Waals surface area (Å²) in [7, 11) is 0. The second-order valence-electron chi connectivity index (χ2n) is 6.14. The van der Waals surface area contributed by atoms with E-state index in [0.29, 0.717) is 19.8 Å². The summed E-state index contributed by atoms with van der Waals surface area (Å²) < 4.78 is 17.3. The molecule has 1 atom stereocenters. The molecule has 1 N–H and O–H groups in total. The topological polar surface area (TPSA) is 20.7 Å². The molecule has 0 aliphatic heterocycles. The maximum absolute atomic E-state index is 13.8. The van der Waals surface area contributed by atoms with E-state index in [4.69, 9.17) is 12.2 Å². The first-order valence-corrected chi connectivity index (χ1v) is 7.95. The summed E-state index contributed by atoms with van der Waals surface area (Å²) in [5.74, 6) is -0.173. The summed E-state index contributed by atoms with van der Waals surface area (Å²) in [6.07, 6.45) is 3.41. The molecule has 0 amide bonds. The van der Waals surface area contributed by atoms with E-state index < -0.39 is 0 Å². The molecule has 1 aliphatic rings. The highest BCUT2D eigenvalue weighted by molar-refractivity contribution is 14.1. The van der Waals surface area contributed by atoms with E-state index in [9.17, 15) is 4.39 Å². The average Bonchev–Trinajstić information content (AvgIpc) is 2.79. The van der Waals surface area contributed by atoms with Gasteiger partial charge in [-0.05, 0) is 65.6 Å². The minimum absolute atomic E-state index is 0.173. The van der Waals surface area contributed by atoms with Crippen molar-refractivity contribution in [2.45, 2.75) is 39.2 Å². The molecule has 5 heteroatoms. The third-order valence-electron chi connectivity index (χ3n) is 4.07. The Balaban J connectivity index is 2.16. The standard InChI is InChI=1S/C14H16FIN2S/c1-14(2)4-3-8(7-14)18-12-5-9(15)10(16)6-11(12)17-13(18)19/h5-6,8H,3-4,7H2,1-2H3,(H,17,19). The van der Waals surface area contributed by atoms with E-state index in [0.717, 1.165) is 23.9 Å². The minimum atomic E-state index is -0.173. The molecule has 0 spiro atoms. The number of hydrogen-bond donors (Lipinski definition) is 1. The van der Waals surface area contributed by atoms with Crippen LogP contribution in [0.25, 0.3) is 11.0 Å². The second-order valence-corrected chi connectivity index (χ2v) is 7.69. The SMILES string of the molecule is CC1(C)CCC(n2c(=S)[nH]c3cc(I)c(F)cc32)C1. The summed E-state index contributed by atoms with van der Waals surface area (Å²) in [6, 6.07) is 3.82. The van der Waals surface area contributed by atoms with Crippen molar-refractivity contribution >= 4 is 45.8 Å². The molecule has 19 heavy (non-hydrogen) atoms. The lowest BCUT2D eigenvalue weighted by molar-refractivity contribution is 0.360. The Bertz CT molecular complexity index is 701. The van der Waals surface area contributed by atoms with E-state index in [1.165, 1.54) is 6.42 Å². The van der Waals surface area contributed by atoms with Gasteiger partial charge in [-0.1, -0.05) is 13.8 Å². The summed E-state index contributed by atoms with van der Waals surface area (Å²) in [6.45, 7) is 4.57. The molecule has 1 aromatic carbocycles. The van der Waals surface area contributed by atoms with Gasteiger partial charge in [0.05, 0.1) is 14.6 Å². The first-order valence-electron chi connectivity index (χ1n) is 6.47. The van der Waals surface area contributed by atoms with Gasteiger partial charge >= 0.3 is 0 Å². The number of fused-ring (bicyclic) bond motifs is 1. The quantitative estimate of drug-likeness (QED) is 0.525. The van der Waals surface area contributed by atoms with Crippen LogP contribution in [0.1, 0.15) is 39.2 Å². The van der Waals surface area contributed by atoms with E-state index in [-0.39, 0.29) is 5.82 Å². The zero-order chi connectivity index (χ0) is 13.8. The average molecular weight is 390 g/mol. The molecule has 2 aromatic rings. The van der Waals surface area contributed by atoms with Crippen molar-refractivity contribution in [3.8, 4) is 0 Å². The fourth-order valence-electron chi connectivity index (χ4n) is 3.10. The Morgan fingerprint density at radius 3 is 2.84 bits per heavy atom. The molecule has 1 heterocycles. The minimum Gasteiger partial charge on any atom is -0.331 e. The maximum atomic E-state index is 13.8. The summed E-state index contributed by atoms with van der Waals surface area (Å²) in [5.41, 5.74) is 2.18. The molecule has 1 saturated carbocycles. The van der Waals surface area contributed by atoms with Crippen molar-refractivity contribution in [2.75, 3.05) is 0 Å². The number of imidazole rings is 1. The largest absolute Gasteiger partial charge is 0.331 e. The molecule has 1 aromatic heterocycles. The highest BCUT2D eigenvalue weighted by Crippen LogP contribution is 2.44. The molecule has 2 nitrogen and oxygen atoms in total. The third kappa shape index (κ3) is 2.35. The lowest BCUT2D eigenvalue weighted by Gasteiger charge is -2.18. The maximum Gasteiger partial charge on any atom is 0.178 e. The molecule has 0 saturated heterocycles. The van der Waals surface area contributed by atoms with Crippen molar-refractivity contribution in [1.29, 1.82) is 0 Å². The van der Waals surface area contributed by atoms with E-state index in [1.807, 2.05) is 28.7 Å². The van der Waals surface area contributed by atoms with Gasteiger partial charge in [-0.3, -0.25) is 0 Å². The van der Waals surface area contributed by atoms with Crippen LogP contribution in [-0.2, 0) is 0 Å². The van der Waals surface area contributed by atoms with Crippen molar-refractivity contribution in [3.63, 3.8) is 0 Å². The van der Waals surface area contributed by atoms with Gasteiger partial charge < -0.3 is 9.55 Å². The third-order valence-corrected chi connectivity index (χ3v) is 5.19. The van der Waals surface area contributed by atoms with Gasteiger partial charge in [-0.25, -0.2) is 4.39 Å². The van der Waals surface area contributed by atoms with Crippen LogP contribution in [0.15, 0.2) is 12.1 Å². The zero-order valence-electron chi connectivity index (χ0n) is 11.0. The van der Waals surface area contributed by atoms with Crippen molar-refractivity contribution in [3.05, 3.63) is 26.3 Å². The second kappa shape index (κ2) is 4.55. The summed E-state index contributed by atoms with van der Waals surface area (Å²) >= 11 is 7.44. The van der Waals surface area contributed by atoms with E-state index in [1.54, 1.807) is 6.07 Å². The number of nitrogens with one attached hydrogen (secondary N) is 1. The lowest BCUT2D eigenvalue weighted by Crippen LogP contribution is -2.09. The first kappa shape index (κ1) is 13.5. The number of halogens is 2. The van der Waals surface area contributed by atoms with Crippen LogP contribution in [0, 0.1) is 19.6 Å². The van der Waals surface area contributed by atoms with Crippen LogP contribution in [0.4, 0.5) is 4.39 Å². The van der Waals surface area contributed by atoms with E-state index >= 15 is 0 Å². The first-order chi connectivity index (χ1) is 8.87. The van der Waals surface area contributed by atoms with Crippen LogP contribution in [0.5, 0.6) is 0 Å². The summed E-state index contributed by atoms with van der Waals surface area (Å²) in [5, 5.41) is 0. The normalized spacial score (nSPS) is 22.2. The molecular weight excluding hydrogens is 374 g/mol. The number of benzene rings is 1. The number of rotatable bonds is 1. The number of aromatic nitrogens is 2. The van der Waals surface area contributed by atoms with Crippen LogP contribution < -0.4 is 0 Å². The van der Waals surface area contributed by atoms with Gasteiger partial charge in [0.2, 0.25) is 0 Å². The Labute approximate surface area is 130 Å². The van der Waals surface area contributed by atoms with Gasteiger partial charge in [0.15, 0.2) is 4.77 Å². The van der Waals surface area contributed by atoms with Gasteiger partial charge in [-0.15, -0.1) is 0 Å². The Hall–Kier alpha value is -0.430. The highest BCUT2D eigenvalue weighted by atomic mass is 127. The van der Waals surface area contributed by atoms with Gasteiger partial charge in [0.25, 0.3) is 0 Å². The van der Waals surface area contributed by atoms with Crippen LogP contribution in [0.2, 0.25) is 0 Å². The zero-order valence-corrected chi connectivity index (χ0v) is 13.9. The van der Waals surface area contributed by atoms with Gasteiger partial charge in [-0.2, -0.15) is 0 Å². The van der Waals surface area contributed by atoms with E-state index in [2.05, 4.69) is 23.4 Å². The smallest absolute Gasteiger partial charge is 0.178 e. The predicted molar refractivity (Wildman–Crippen MR) is 86.5 cm³/mol. The lowest BCUT2D eigenvalue weighted by atomic mass is 9.92. The molecular formula is C14H16FIN2S. The molecule has 102 valence electrons. The van der Waals surface area contributed by atoms with Crippen molar-refractivity contribution in [1.82, 2.24) is 9.55 Å². The van der Waals surface area contributed by atoms with Crippen LogP contribution >= 0.6 is 34.8 Å². The molecule has 0 bridgehead atoms. The number of aromatic amines is 1. The Morgan fingerprint density at radius 2 is 2.21 bits per heavy atom. The van der Waals surface area contributed by atoms with Crippen LogP contribution in [-0.4, -0.2) is 9.55 Å². The van der Waals surface area contributed by atoms with Crippen molar-refractivity contribution < 1.29 is 4.39 Å². The number of nitrogens with zero attached hydrogens (tertiary/aromatic N) is 1. The molecule has 1 fully saturated rings. The van der Waals surface area contributed by atoms with Gasteiger partial charge in [0, 0.05) is 12.1 Å². The number of H-pyrrole nitrogens is 1. The van der Waals surface area contributed by atoms with Crippen molar-refractivity contribution in [2.24, 2.45) is 5.41 Å². The number of hydrogen-bond acceptors (Lipinski definition) is 1. The molecule has 0 radical (unpaired) electrons. The Kier molecular flexibility index (Phi) is 3.24. The Morgan fingerprint density at radius 1 is 1.47 bits per heavy atom. The fraction of sp³-hybridized carbons (Fsp3) is 0.500. The summed E-state index contributed by atoms with van der Waals surface area (Å²) in [4.78, 5) is 3.21. The van der Waals surface area contributed by atoms with Crippen LogP contribution in [0.3, 0.4) is 0 Å². The fourth-order valence-corrected chi connectivity index (χ4v) is 3.93. The van der Waals surface area contributed by atoms with Gasteiger partial charge in [0.1, 0.15) is 5.82 Å². The highest BCUT2D eigenvalue weighted by Gasteiger charge is 2.33. The predicted octanol–water partition coefficient (Wildman–Crippen LogP) is 5.19.